The van der Waals surface area contributed by atoms with Gasteiger partial charge in [-0.1, -0.05) is 49.2 Å². The fourth-order valence-corrected chi connectivity index (χ4v) is 6.96. The van der Waals surface area contributed by atoms with Crippen LogP contribution in [0.4, 0.5) is 0 Å². The number of hydrogen-bond donors (Lipinski definition) is 2. The quantitative estimate of drug-likeness (QED) is 0.270. The van der Waals surface area contributed by atoms with E-state index < -0.39 is 29.8 Å². The van der Waals surface area contributed by atoms with Crippen LogP contribution in [-0.4, -0.2) is 69.2 Å². The molecule has 1 fully saturated rings. The number of imide groups is 1. The number of nitrogens with two attached hydrogens (primary N) is 1. The summed E-state index contributed by atoms with van der Waals surface area (Å²) in [6, 6.07) is 18.9. The van der Waals surface area contributed by atoms with Gasteiger partial charge in [-0.25, -0.2) is 4.98 Å². The molecule has 3 aliphatic rings. The van der Waals surface area contributed by atoms with Gasteiger partial charge in [-0.3, -0.25) is 28.9 Å². The normalized spacial score (nSPS) is 20.1. The summed E-state index contributed by atoms with van der Waals surface area (Å²) in [7, 11) is 0. The Morgan fingerprint density at radius 2 is 1.60 bits per heavy atom. The van der Waals surface area contributed by atoms with Crippen LogP contribution in [-0.2, 0) is 16.0 Å². The second kappa shape index (κ2) is 13.7. The predicted molar refractivity (Wildman–Crippen MR) is 173 cm³/mol. The predicted octanol–water partition coefficient (Wildman–Crippen LogP) is 4.63. The zero-order valence-electron chi connectivity index (χ0n) is 26.5. The van der Waals surface area contributed by atoms with Gasteiger partial charge in [-0.15, -0.1) is 0 Å². The first-order valence-electron chi connectivity index (χ1n) is 16.1. The van der Waals surface area contributed by atoms with Gasteiger partial charge in [0.2, 0.25) is 5.91 Å². The lowest BCUT2D eigenvalue weighted by atomic mass is 9.77. The van der Waals surface area contributed by atoms with Crippen molar-refractivity contribution in [2.75, 3.05) is 19.7 Å². The molecule has 3 aromatic carbocycles. The van der Waals surface area contributed by atoms with Crippen molar-refractivity contribution in [3.8, 4) is 5.75 Å². The molecule has 0 spiro atoms. The lowest BCUT2D eigenvalue weighted by Gasteiger charge is -2.42. The lowest BCUT2D eigenvalue weighted by Crippen LogP contribution is -2.50. The van der Waals surface area contributed by atoms with Crippen LogP contribution in [0.25, 0.3) is 11.1 Å². The molecule has 12 heteroatoms. The number of nitrogens with zero attached hydrogens (tertiary/aromatic N) is 3. The highest BCUT2D eigenvalue weighted by molar-refractivity contribution is 6.21. The zero-order chi connectivity index (χ0) is 33.9. The third-order valence-electron chi connectivity index (χ3n) is 9.21. The summed E-state index contributed by atoms with van der Waals surface area (Å²) in [5.74, 6) is -3.36. The van der Waals surface area contributed by atoms with Crippen molar-refractivity contribution >= 4 is 40.7 Å². The standard InChI is InChI=1S/C28H30N2O6.C8H6N2O2/c1-2-36-23-13-7-8-17-14-15-29(25(31)20-11-5-6-12-21(20)28(34)35)22(24(17)23)16-30-26(32)18-9-3-4-10-19(18)27(30)33;9-7(11)8-10-5-3-1-2-4-6(5)12-8/h3-4,7-10,13,20-22H,2,5-6,11-12,14-16H2,1H3,(H,34,35);1-4H,(H2,9,11)/t20-,21+,22-;/m1./s1. The Labute approximate surface area is 276 Å². The highest BCUT2D eigenvalue weighted by Crippen LogP contribution is 2.41. The largest absolute Gasteiger partial charge is 0.494 e. The van der Waals surface area contributed by atoms with E-state index in [4.69, 9.17) is 14.9 Å². The molecule has 4 amide bonds. The van der Waals surface area contributed by atoms with Gasteiger partial charge in [-0.2, -0.15) is 0 Å². The van der Waals surface area contributed by atoms with Crippen molar-refractivity contribution in [2.45, 2.75) is 45.1 Å². The molecule has 3 N–H and O–H groups in total. The number of para-hydroxylation sites is 2. The van der Waals surface area contributed by atoms with Crippen molar-refractivity contribution < 1.29 is 38.2 Å². The van der Waals surface area contributed by atoms with Gasteiger partial charge in [0.1, 0.15) is 11.3 Å². The molecule has 1 aromatic heterocycles. The first-order valence-corrected chi connectivity index (χ1v) is 16.1. The Bertz CT molecular complexity index is 1830. The molecule has 0 unspecified atom stereocenters. The highest BCUT2D eigenvalue weighted by Gasteiger charge is 2.45. The number of amides is 4. The average Bonchev–Trinajstić information content (AvgIpc) is 3.64. The number of fused-ring (bicyclic) bond motifs is 3. The number of primary amides is 1. The maximum absolute atomic E-state index is 13.9. The molecule has 1 saturated carbocycles. The minimum atomic E-state index is -0.947. The molecule has 3 atom stereocenters. The number of carbonyl (C=O) groups is 5. The summed E-state index contributed by atoms with van der Waals surface area (Å²) in [6.45, 7) is 2.68. The molecule has 1 aliphatic carbocycles. The van der Waals surface area contributed by atoms with E-state index >= 15 is 0 Å². The van der Waals surface area contributed by atoms with Crippen LogP contribution in [0.15, 0.2) is 71.1 Å². The first-order chi connectivity index (χ1) is 23.2. The van der Waals surface area contributed by atoms with Crippen LogP contribution in [0.2, 0.25) is 0 Å². The maximum atomic E-state index is 13.9. The number of rotatable bonds is 7. The zero-order valence-corrected chi connectivity index (χ0v) is 26.5. The Hall–Kier alpha value is -5.52. The van der Waals surface area contributed by atoms with Crippen molar-refractivity contribution in [3.63, 3.8) is 0 Å². The smallest absolute Gasteiger partial charge is 0.307 e. The van der Waals surface area contributed by atoms with E-state index in [-0.39, 0.29) is 30.2 Å². The highest BCUT2D eigenvalue weighted by atomic mass is 16.5. The van der Waals surface area contributed by atoms with Gasteiger partial charge >= 0.3 is 11.9 Å². The van der Waals surface area contributed by atoms with E-state index in [0.29, 0.717) is 60.4 Å². The minimum Gasteiger partial charge on any atom is -0.494 e. The Kier molecular flexibility index (Phi) is 9.24. The molecular formula is C36H36N4O8. The van der Waals surface area contributed by atoms with Crippen LogP contribution in [0.1, 0.15) is 81.2 Å². The number of carbonyl (C=O) groups excluding carboxylic acids is 4. The third kappa shape index (κ3) is 6.13. The first kappa shape index (κ1) is 32.4. The second-order valence-corrected chi connectivity index (χ2v) is 12.0. The van der Waals surface area contributed by atoms with Crippen LogP contribution in [0, 0.1) is 11.8 Å². The van der Waals surface area contributed by atoms with E-state index in [1.807, 2.05) is 31.2 Å². The number of hydrogen-bond acceptors (Lipinski definition) is 8. The van der Waals surface area contributed by atoms with E-state index in [1.165, 1.54) is 4.90 Å². The number of ether oxygens (including phenoxy) is 1. The fraction of sp³-hybridized carbons (Fsp3) is 0.333. The summed E-state index contributed by atoms with van der Waals surface area (Å²) in [4.78, 5) is 69.8. The van der Waals surface area contributed by atoms with Crippen LogP contribution < -0.4 is 10.5 Å². The second-order valence-electron chi connectivity index (χ2n) is 12.0. The van der Waals surface area contributed by atoms with Crippen LogP contribution in [0.3, 0.4) is 0 Å². The number of carboxylic acid groups (broad SMARTS) is 1. The molecule has 0 saturated heterocycles. The fourth-order valence-electron chi connectivity index (χ4n) is 6.96. The molecule has 48 heavy (non-hydrogen) atoms. The summed E-state index contributed by atoms with van der Waals surface area (Å²) in [6.07, 6.45) is 3.18. The van der Waals surface area contributed by atoms with Crippen molar-refractivity contribution in [1.29, 1.82) is 0 Å². The van der Waals surface area contributed by atoms with Crippen LogP contribution >= 0.6 is 0 Å². The van der Waals surface area contributed by atoms with E-state index in [9.17, 15) is 29.1 Å². The van der Waals surface area contributed by atoms with Crippen molar-refractivity contribution in [3.05, 3.63) is 94.9 Å². The molecule has 3 heterocycles. The maximum Gasteiger partial charge on any atom is 0.307 e. The summed E-state index contributed by atoms with van der Waals surface area (Å²) in [5, 5.41) is 9.80. The number of aromatic nitrogens is 1. The van der Waals surface area contributed by atoms with Gasteiger partial charge in [0, 0.05) is 12.1 Å². The SMILES string of the molecule is CCOc1cccc2c1[C@@H](CN1C(=O)c3ccccc3C1=O)N(C(=O)[C@@H]1CCCC[C@@H]1C(=O)O)CC2.NC(=O)c1nc2ccccc2o1. The Morgan fingerprint density at radius 1 is 0.938 bits per heavy atom. The molecule has 0 radical (unpaired) electrons. The van der Waals surface area contributed by atoms with Gasteiger partial charge in [0.15, 0.2) is 5.58 Å². The summed E-state index contributed by atoms with van der Waals surface area (Å²) in [5.41, 5.74) is 8.71. The molecule has 0 bridgehead atoms. The monoisotopic (exact) mass is 652 g/mol. The van der Waals surface area contributed by atoms with Gasteiger partial charge in [0.05, 0.1) is 42.2 Å². The lowest BCUT2D eigenvalue weighted by molar-refractivity contribution is -0.153. The minimum absolute atomic E-state index is 0.0143. The number of oxazole rings is 1. The van der Waals surface area contributed by atoms with Crippen LogP contribution in [0.5, 0.6) is 5.75 Å². The molecule has 248 valence electrons. The van der Waals surface area contributed by atoms with E-state index in [2.05, 4.69) is 4.98 Å². The number of carboxylic acids is 1. The van der Waals surface area contributed by atoms with E-state index in [1.54, 1.807) is 47.4 Å². The molecular weight excluding hydrogens is 616 g/mol. The topological polar surface area (TPSA) is 173 Å². The average molecular weight is 653 g/mol. The van der Waals surface area contributed by atoms with Crippen molar-refractivity contribution in [2.24, 2.45) is 17.6 Å². The molecule has 4 aromatic rings. The Balaban J connectivity index is 0.000000280. The third-order valence-corrected chi connectivity index (χ3v) is 9.21. The van der Waals surface area contributed by atoms with Gasteiger partial charge in [-0.05, 0) is 62.1 Å². The number of benzene rings is 3. The van der Waals surface area contributed by atoms with Crippen molar-refractivity contribution in [1.82, 2.24) is 14.8 Å². The Morgan fingerprint density at radius 3 is 2.25 bits per heavy atom. The molecule has 12 nitrogen and oxygen atoms in total. The summed E-state index contributed by atoms with van der Waals surface area (Å²) < 4.78 is 11.0. The van der Waals surface area contributed by atoms with Gasteiger partial charge in [0.25, 0.3) is 17.7 Å². The number of aliphatic carboxylic acids is 1. The summed E-state index contributed by atoms with van der Waals surface area (Å²) >= 11 is 0. The van der Waals surface area contributed by atoms with E-state index in [0.717, 1.165) is 24.0 Å². The molecule has 7 rings (SSSR count). The van der Waals surface area contributed by atoms with Gasteiger partial charge < -0.3 is 24.9 Å². The molecule has 2 aliphatic heterocycles.